The minimum absolute atomic E-state index is 0.0683. The van der Waals surface area contributed by atoms with Gasteiger partial charge in [-0.15, -0.1) is 21.5 Å². The second-order valence-corrected chi connectivity index (χ2v) is 13.6. The van der Waals surface area contributed by atoms with Crippen molar-refractivity contribution >= 4 is 50.5 Å². The lowest BCUT2D eigenvalue weighted by Gasteiger charge is -2.24. The van der Waals surface area contributed by atoms with Gasteiger partial charge in [0.05, 0.1) is 14.9 Å². The molecular weight excluding hydrogens is 642 g/mol. The number of nitrogens with zero attached hydrogens (tertiary/aromatic N) is 4. The van der Waals surface area contributed by atoms with Crippen LogP contribution in [-0.4, -0.2) is 64.8 Å². The first-order valence-electron chi connectivity index (χ1n) is 12.7. The molecule has 2 heterocycles. The van der Waals surface area contributed by atoms with Crippen molar-refractivity contribution in [2.45, 2.75) is 82.6 Å². The number of thiazole rings is 1. The van der Waals surface area contributed by atoms with E-state index in [0.717, 1.165) is 36.7 Å². The normalized spacial score (nSPS) is 14.2. The summed E-state index contributed by atoms with van der Waals surface area (Å²) < 4.78 is 71.6. The van der Waals surface area contributed by atoms with E-state index in [1.165, 1.54) is 29.5 Å². The summed E-state index contributed by atoms with van der Waals surface area (Å²) >= 11 is 13.7. The second-order valence-electron chi connectivity index (χ2n) is 10.2. The maximum absolute atomic E-state index is 13.7. The Balaban J connectivity index is 2.15. The summed E-state index contributed by atoms with van der Waals surface area (Å²) in [6.45, 7) is 7.45. The number of halogens is 5. The smallest absolute Gasteiger partial charge is 0.404 e. The number of unbranched alkanes of at least 4 members (excludes halogenated alkanes) is 1. The van der Waals surface area contributed by atoms with Crippen LogP contribution in [-0.2, 0) is 15.6 Å². The van der Waals surface area contributed by atoms with E-state index >= 15 is 0 Å². The molecule has 1 aromatic carbocycles. The van der Waals surface area contributed by atoms with Crippen molar-refractivity contribution in [3.8, 4) is 21.3 Å². The number of benzene rings is 1. The first-order chi connectivity index (χ1) is 19.3. The van der Waals surface area contributed by atoms with E-state index in [9.17, 15) is 31.5 Å². The van der Waals surface area contributed by atoms with Gasteiger partial charge in [0.2, 0.25) is 15.9 Å². The number of carbonyl (C=O) groups is 1. The van der Waals surface area contributed by atoms with Gasteiger partial charge >= 0.3 is 6.18 Å². The zero-order valence-electron chi connectivity index (χ0n) is 23.5. The van der Waals surface area contributed by atoms with Crippen molar-refractivity contribution in [1.82, 2.24) is 24.8 Å². The van der Waals surface area contributed by atoms with Gasteiger partial charge in [-0.25, -0.2) is 13.4 Å². The van der Waals surface area contributed by atoms with E-state index in [2.05, 4.69) is 15.2 Å². The third-order valence-electron chi connectivity index (χ3n) is 6.32. The number of hydrogen-bond donors (Lipinski definition) is 2. The number of carbonyl (C=O) groups excluding carboxylic acids is 1. The average molecular weight is 673 g/mol. The van der Waals surface area contributed by atoms with Crippen LogP contribution in [0.15, 0.2) is 21.4 Å². The van der Waals surface area contributed by atoms with Crippen LogP contribution in [0.2, 0.25) is 10.0 Å². The van der Waals surface area contributed by atoms with Crippen LogP contribution >= 0.6 is 34.5 Å². The number of aliphatic hydroxyl groups is 1. The third-order valence-corrected chi connectivity index (χ3v) is 9.98. The maximum atomic E-state index is 13.7. The fourth-order valence-electron chi connectivity index (χ4n) is 3.63. The molecule has 10 nitrogen and oxygen atoms in total. The highest BCUT2D eigenvalue weighted by Crippen LogP contribution is 2.43. The first kappa shape index (κ1) is 34.2. The molecule has 0 radical (unpaired) electrons. The molecule has 0 saturated carbocycles. The van der Waals surface area contributed by atoms with E-state index in [4.69, 9.17) is 27.6 Å². The van der Waals surface area contributed by atoms with Gasteiger partial charge in [-0.2, -0.15) is 17.9 Å². The van der Waals surface area contributed by atoms with Gasteiger partial charge in [-0.05, 0) is 40.2 Å². The Kier molecular flexibility index (Phi) is 10.4. The Hall–Kier alpha value is -2.30. The highest BCUT2D eigenvalue weighted by Gasteiger charge is 2.40. The molecule has 232 valence electrons. The lowest BCUT2D eigenvalue weighted by molar-refractivity contribution is -0.147. The molecule has 0 unspecified atom stereocenters. The van der Waals surface area contributed by atoms with Crippen molar-refractivity contribution < 1.29 is 35.9 Å². The Morgan fingerprint density at radius 2 is 1.83 bits per heavy atom. The molecule has 0 bridgehead atoms. The monoisotopic (exact) mass is 671 g/mol. The molecule has 3 aromatic rings. The lowest BCUT2D eigenvalue weighted by atomic mass is 10.1. The van der Waals surface area contributed by atoms with Gasteiger partial charge in [-0.1, -0.05) is 49.0 Å². The number of aromatic nitrogens is 3. The van der Waals surface area contributed by atoms with E-state index in [1.54, 1.807) is 7.05 Å². The number of rotatable bonds is 11. The largest absolute Gasteiger partial charge is 0.415 e. The number of amides is 1. The van der Waals surface area contributed by atoms with Crippen molar-refractivity contribution in [2.75, 3.05) is 7.05 Å². The molecule has 3 rings (SSSR count). The number of hydrogen-bond acceptors (Lipinski definition) is 9. The van der Waals surface area contributed by atoms with Gasteiger partial charge in [0, 0.05) is 18.7 Å². The van der Waals surface area contributed by atoms with Crippen molar-refractivity contribution in [2.24, 2.45) is 0 Å². The third kappa shape index (κ3) is 7.42. The summed E-state index contributed by atoms with van der Waals surface area (Å²) in [5.74, 6) is -0.669. The van der Waals surface area contributed by atoms with Crippen LogP contribution in [0, 0.1) is 0 Å². The summed E-state index contributed by atoms with van der Waals surface area (Å²) in [6.07, 6.45) is -2.29. The number of nitrogens with one attached hydrogen (secondary N) is 1. The zero-order valence-corrected chi connectivity index (χ0v) is 26.7. The van der Waals surface area contributed by atoms with E-state index in [0.29, 0.717) is 6.92 Å². The van der Waals surface area contributed by atoms with Gasteiger partial charge in [0.1, 0.15) is 22.2 Å². The molecule has 0 aliphatic heterocycles. The van der Waals surface area contributed by atoms with Crippen LogP contribution in [0.3, 0.4) is 0 Å². The molecule has 2 aromatic heterocycles. The van der Waals surface area contributed by atoms with E-state index in [1.807, 2.05) is 13.8 Å². The van der Waals surface area contributed by atoms with Crippen molar-refractivity contribution in [3.63, 3.8) is 0 Å². The number of alkyl halides is 3. The van der Waals surface area contributed by atoms with Gasteiger partial charge in [-0.3, -0.25) is 4.79 Å². The Bertz CT molecular complexity index is 1550. The zero-order chi connectivity index (χ0) is 31.8. The Morgan fingerprint density at radius 3 is 2.38 bits per heavy atom. The average Bonchev–Trinajstić information content (AvgIpc) is 3.55. The van der Waals surface area contributed by atoms with Crippen molar-refractivity contribution in [3.05, 3.63) is 33.8 Å². The molecule has 0 fully saturated rings. The summed E-state index contributed by atoms with van der Waals surface area (Å²) in [7, 11) is -3.12. The summed E-state index contributed by atoms with van der Waals surface area (Å²) in [4.78, 5) is 19.1. The predicted molar refractivity (Wildman–Crippen MR) is 153 cm³/mol. The quantitative estimate of drug-likeness (QED) is 0.243. The molecule has 0 spiro atoms. The molecule has 2 atom stereocenters. The minimum Gasteiger partial charge on any atom is -0.415 e. The van der Waals surface area contributed by atoms with Crippen LogP contribution in [0.25, 0.3) is 21.3 Å². The van der Waals surface area contributed by atoms with Crippen LogP contribution < -0.4 is 4.72 Å². The lowest BCUT2D eigenvalue weighted by Crippen LogP contribution is -2.43. The second kappa shape index (κ2) is 12.7. The molecule has 1 amide bonds. The first-order valence-corrected chi connectivity index (χ1v) is 15.8. The highest BCUT2D eigenvalue weighted by atomic mass is 35.5. The standard InChI is InChI=1S/C25H30Cl2F3N5O5S2/c1-7-8-9-12(2)35(6)22(36)18-19(41-21(31-18)20-32-33-23(40-20)24(4,5)37)14-10-11-15(17(27)16(14)26)42(38,39)34-13(3)25(28,29)30/h10-13,34,37H,7-9H2,1-6H3/t12-,13-/m0/s1. The Morgan fingerprint density at radius 1 is 1.19 bits per heavy atom. The molecule has 2 N–H and O–H groups in total. The minimum atomic E-state index is -4.84. The van der Waals surface area contributed by atoms with E-state index < -0.39 is 43.7 Å². The van der Waals surface area contributed by atoms with Crippen LogP contribution in [0.1, 0.15) is 70.3 Å². The summed E-state index contributed by atoms with van der Waals surface area (Å²) in [5.41, 5.74) is -1.41. The molecule has 0 aliphatic rings. The van der Waals surface area contributed by atoms with Gasteiger partial charge in [0.15, 0.2) is 5.01 Å². The molecule has 0 aliphatic carbocycles. The van der Waals surface area contributed by atoms with Gasteiger partial charge < -0.3 is 14.4 Å². The molecule has 42 heavy (non-hydrogen) atoms. The fraction of sp³-hybridized carbons (Fsp3) is 0.520. The summed E-state index contributed by atoms with van der Waals surface area (Å²) in [5, 5.41) is 17.2. The molecular formula is C25H30Cl2F3N5O5S2. The summed E-state index contributed by atoms with van der Waals surface area (Å²) in [6, 6.07) is -0.325. The molecule has 17 heteroatoms. The fourth-order valence-corrected chi connectivity index (χ4v) is 6.80. The maximum Gasteiger partial charge on any atom is 0.404 e. The number of sulfonamides is 1. The van der Waals surface area contributed by atoms with Crippen LogP contribution in [0.4, 0.5) is 13.2 Å². The SMILES string of the molecule is CCCC[C@H](C)N(C)C(=O)c1nc(-c2nnc(C(C)(C)O)o2)sc1-c1ccc(S(=O)(=O)N[C@@H](C)C(F)(F)F)c(Cl)c1Cl. The Labute approximate surface area is 255 Å². The van der Waals surface area contributed by atoms with Gasteiger partial charge in [0.25, 0.3) is 11.8 Å². The van der Waals surface area contributed by atoms with E-state index in [-0.39, 0.29) is 44.0 Å². The molecule has 0 saturated heterocycles. The van der Waals surface area contributed by atoms with Crippen LogP contribution in [0.5, 0.6) is 0 Å². The topological polar surface area (TPSA) is 139 Å². The predicted octanol–water partition coefficient (Wildman–Crippen LogP) is 6.27. The van der Waals surface area contributed by atoms with Crippen molar-refractivity contribution in [1.29, 1.82) is 0 Å². The highest BCUT2D eigenvalue weighted by molar-refractivity contribution is 7.89.